The first-order valence-corrected chi connectivity index (χ1v) is 6.75. The van der Waals surface area contributed by atoms with E-state index in [1.807, 2.05) is 6.07 Å². The highest BCUT2D eigenvalue weighted by Crippen LogP contribution is 2.29. The second-order valence-electron chi connectivity index (χ2n) is 4.94. The van der Waals surface area contributed by atoms with Crippen molar-refractivity contribution in [2.24, 2.45) is 0 Å². The summed E-state index contributed by atoms with van der Waals surface area (Å²) in [6.07, 6.45) is 4.11. The number of nitro benzene ring substituents is 1. The van der Waals surface area contributed by atoms with Crippen molar-refractivity contribution < 1.29 is 4.92 Å². The van der Waals surface area contributed by atoms with Crippen LogP contribution in [0.5, 0.6) is 0 Å². The van der Waals surface area contributed by atoms with Gasteiger partial charge in [-0.15, -0.1) is 0 Å². The Morgan fingerprint density at radius 2 is 2.15 bits per heavy atom. The normalized spacial score (nSPS) is 14.4. The van der Waals surface area contributed by atoms with E-state index in [1.165, 1.54) is 18.9 Å². The third kappa shape index (κ3) is 2.70. The van der Waals surface area contributed by atoms with Gasteiger partial charge in [0, 0.05) is 42.5 Å². The predicted molar refractivity (Wildman–Crippen MR) is 77.9 cm³/mol. The molecule has 1 fully saturated rings. The van der Waals surface area contributed by atoms with E-state index in [4.69, 9.17) is 0 Å². The molecule has 0 bridgehead atoms. The maximum Gasteiger partial charge on any atom is 0.295 e. The van der Waals surface area contributed by atoms with Gasteiger partial charge in [0.15, 0.2) is 0 Å². The Hall–Kier alpha value is -2.21. The monoisotopic (exact) mass is 272 g/mol. The van der Waals surface area contributed by atoms with Gasteiger partial charge in [-0.1, -0.05) is 0 Å². The number of rotatable bonds is 6. The van der Waals surface area contributed by atoms with E-state index < -0.39 is 4.92 Å². The van der Waals surface area contributed by atoms with E-state index in [9.17, 15) is 10.1 Å². The number of anilines is 1. The Morgan fingerprint density at radius 3 is 2.90 bits per heavy atom. The second kappa shape index (κ2) is 5.42. The van der Waals surface area contributed by atoms with Crippen LogP contribution in [0.1, 0.15) is 12.8 Å². The molecule has 2 N–H and O–H groups in total. The summed E-state index contributed by atoms with van der Waals surface area (Å²) in [7, 11) is 0. The maximum atomic E-state index is 11.0. The van der Waals surface area contributed by atoms with Gasteiger partial charge in [-0.05, 0) is 31.0 Å². The molecule has 6 heteroatoms. The van der Waals surface area contributed by atoms with E-state index in [1.54, 1.807) is 18.3 Å². The number of non-ortho nitro benzene ring substituents is 1. The van der Waals surface area contributed by atoms with Crippen molar-refractivity contribution in [2.45, 2.75) is 18.9 Å². The molecule has 6 nitrogen and oxygen atoms in total. The van der Waals surface area contributed by atoms with E-state index in [0.717, 1.165) is 24.2 Å². The molecule has 0 amide bonds. The summed E-state index contributed by atoms with van der Waals surface area (Å²) in [5.74, 6) is 0. The van der Waals surface area contributed by atoms with E-state index in [0.29, 0.717) is 11.6 Å². The molecule has 1 heterocycles. The van der Waals surface area contributed by atoms with Gasteiger partial charge in [0.2, 0.25) is 0 Å². The summed E-state index contributed by atoms with van der Waals surface area (Å²) in [5, 5.41) is 18.5. The number of pyridine rings is 1. The van der Waals surface area contributed by atoms with Crippen LogP contribution < -0.4 is 10.6 Å². The number of hydrogen-bond donors (Lipinski definition) is 2. The largest absolute Gasteiger partial charge is 0.383 e. The summed E-state index contributed by atoms with van der Waals surface area (Å²) in [6.45, 7) is 1.68. The van der Waals surface area contributed by atoms with Gasteiger partial charge < -0.3 is 10.6 Å². The average Bonchev–Trinajstić information content (AvgIpc) is 3.27. The van der Waals surface area contributed by atoms with Gasteiger partial charge in [0.05, 0.1) is 4.92 Å². The Balaban J connectivity index is 1.79. The molecule has 1 aliphatic rings. The predicted octanol–water partition coefficient (Wildman–Crippen LogP) is 2.31. The highest BCUT2D eigenvalue weighted by molar-refractivity contribution is 5.96. The number of fused-ring (bicyclic) bond motifs is 1. The fourth-order valence-corrected chi connectivity index (χ4v) is 2.22. The Bertz CT molecular complexity index is 640. The van der Waals surface area contributed by atoms with Crippen LogP contribution in [-0.2, 0) is 0 Å². The topological polar surface area (TPSA) is 80.1 Å². The second-order valence-corrected chi connectivity index (χ2v) is 4.94. The lowest BCUT2D eigenvalue weighted by atomic mass is 10.1. The van der Waals surface area contributed by atoms with Gasteiger partial charge in [0.1, 0.15) is 5.52 Å². The molecule has 0 saturated heterocycles. The zero-order valence-electron chi connectivity index (χ0n) is 11.0. The fourth-order valence-electron chi connectivity index (χ4n) is 2.22. The lowest BCUT2D eigenvalue weighted by Gasteiger charge is -2.10. The molecule has 0 aliphatic heterocycles. The summed E-state index contributed by atoms with van der Waals surface area (Å²) >= 11 is 0. The lowest BCUT2D eigenvalue weighted by Crippen LogP contribution is -2.23. The number of benzene rings is 1. The summed E-state index contributed by atoms with van der Waals surface area (Å²) in [6, 6.07) is 7.59. The minimum Gasteiger partial charge on any atom is -0.383 e. The number of aromatic nitrogens is 1. The van der Waals surface area contributed by atoms with Crippen molar-refractivity contribution in [3.8, 4) is 0 Å². The highest BCUT2D eigenvalue weighted by Gasteiger charge is 2.19. The first kappa shape index (κ1) is 12.8. The molecule has 0 unspecified atom stereocenters. The quantitative estimate of drug-likeness (QED) is 0.479. The van der Waals surface area contributed by atoms with Crippen molar-refractivity contribution in [2.75, 3.05) is 18.4 Å². The number of nitrogens with zero attached hydrogens (tertiary/aromatic N) is 2. The number of nitro groups is 1. The SMILES string of the molecule is O=[N+]([O-])c1ccc(NCCNC2CC2)c2cccnc12. The molecule has 0 radical (unpaired) electrons. The van der Waals surface area contributed by atoms with Crippen molar-refractivity contribution in [3.05, 3.63) is 40.6 Å². The molecular weight excluding hydrogens is 256 g/mol. The van der Waals surface area contributed by atoms with Gasteiger partial charge in [0.25, 0.3) is 5.69 Å². The van der Waals surface area contributed by atoms with Crippen molar-refractivity contribution in [1.29, 1.82) is 0 Å². The third-order valence-electron chi connectivity index (χ3n) is 3.40. The molecule has 1 aromatic carbocycles. The van der Waals surface area contributed by atoms with Crippen LogP contribution >= 0.6 is 0 Å². The smallest absolute Gasteiger partial charge is 0.295 e. The lowest BCUT2D eigenvalue weighted by molar-refractivity contribution is -0.383. The zero-order valence-corrected chi connectivity index (χ0v) is 11.0. The molecule has 0 atom stereocenters. The molecule has 1 aliphatic carbocycles. The highest BCUT2D eigenvalue weighted by atomic mass is 16.6. The van der Waals surface area contributed by atoms with Crippen LogP contribution in [0, 0.1) is 10.1 Å². The average molecular weight is 272 g/mol. The van der Waals surface area contributed by atoms with Crippen LogP contribution in [0.2, 0.25) is 0 Å². The van der Waals surface area contributed by atoms with Crippen LogP contribution in [0.15, 0.2) is 30.5 Å². The molecule has 1 aromatic heterocycles. The van der Waals surface area contributed by atoms with E-state index in [2.05, 4.69) is 15.6 Å². The van der Waals surface area contributed by atoms with Crippen LogP contribution in [0.25, 0.3) is 10.9 Å². The molecule has 3 rings (SSSR count). The van der Waals surface area contributed by atoms with E-state index in [-0.39, 0.29) is 5.69 Å². The van der Waals surface area contributed by atoms with Crippen molar-refractivity contribution >= 4 is 22.3 Å². The maximum absolute atomic E-state index is 11.0. The Kier molecular flexibility index (Phi) is 3.47. The van der Waals surface area contributed by atoms with Crippen LogP contribution in [0.4, 0.5) is 11.4 Å². The van der Waals surface area contributed by atoms with Crippen molar-refractivity contribution in [3.63, 3.8) is 0 Å². The molecule has 2 aromatic rings. The van der Waals surface area contributed by atoms with Gasteiger partial charge in [-0.3, -0.25) is 10.1 Å². The first-order chi connectivity index (χ1) is 9.75. The van der Waals surface area contributed by atoms with E-state index >= 15 is 0 Å². The fraction of sp³-hybridized carbons (Fsp3) is 0.357. The molecular formula is C14H16N4O2. The Labute approximate surface area is 116 Å². The van der Waals surface area contributed by atoms with Gasteiger partial charge in [-0.25, -0.2) is 4.98 Å². The molecule has 104 valence electrons. The summed E-state index contributed by atoms with van der Waals surface area (Å²) in [4.78, 5) is 14.7. The standard InChI is InChI=1S/C14H16N4O2/c19-18(20)13-6-5-12(11-2-1-7-17-14(11)13)16-9-8-15-10-3-4-10/h1-2,5-7,10,15-16H,3-4,8-9H2. The minimum atomic E-state index is -0.395. The zero-order chi connectivity index (χ0) is 13.9. The van der Waals surface area contributed by atoms with Gasteiger partial charge in [-0.2, -0.15) is 0 Å². The summed E-state index contributed by atoms with van der Waals surface area (Å²) in [5.41, 5.74) is 1.36. The molecule has 0 spiro atoms. The molecule has 20 heavy (non-hydrogen) atoms. The van der Waals surface area contributed by atoms with Crippen molar-refractivity contribution in [1.82, 2.24) is 10.3 Å². The number of nitrogens with one attached hydrogen (secondary N) is 2. The third-order valence-corrected chi connectivity index (χ3v) is 3.40. The van der Waals surface area contributed by atoms with Crippen LogP contribution in [0.3, 0.4) is 0 Å². The molecule has 1 saturated carbocycles. The van der Waals surface area contributed by atoms with Gasteiger partial charge >= 0.3 is 0 Å². The minimum absolute atomic E-state index is 0.0438. The first-order valence-electron chi connectivity index (χ1n) is 6.75. The van der Waals surface area contributed by atoms with Crippen LogP contribution in [-0.4, -0.2) is 29.0 Å². The summed E-state index contributed by atoms with van der Waals surface area (Å²) < 4.78 is 0. The number of hydrogen-bond acceptors (Lipinski definition) is 5. The Morgan fingerprint density at radius 1 is 1.30 bits per heavy atom.